The van der Waals surface area contributed by atoms with Gasteiger partial charge in [0.25, 0.3) is 0 Å². The van der Waals surface area contributed by atoms with Crippen LogP contribution in [0.1, 0.15) is 24.4 Å². The van der Waals surface area contributed by atoms with E-state index in [2.05, 4.69) is 4.98 Å². The van der Waals surface area contributed by atoms with Crippen LogP contribution in [0.15, 0.2) is 12.1 Å². The number of benzene rings is 1. The van der Waals surface area contributed by atoms with Crippen molar-refractivity contribution in [3.63, 3.8) is 0 Å². The van der Waals surface area contributed by atoms with Gasteiger partial charge in [-0.1, -0.05) is 0 Å². The Bertz CT molecular complexity index is 631. The maximum absolute atomic E-state index is 12.0. The van der Waals surface area contributed by atoms with Crippen LogP contribution >= 0.6 is 11.3 Å². The minimum Gasteiger partial charge on any atom is -0.497 e. The maximum atomic E-state index is 12.0. The topological polar surface area (TPSA) is 48.4 Å². The van der Waals surface area contributed by atoms with Crippen LogP contribution < -0.4 is 4.74 Å². The van der Waals surface area contributed by atoms with E-state index in [9.17, 15) is 4.79 Å². The minimum atomic E-state index is -0.762. The first-order valence-corrected chi connectivity index (χ1v) is 6.76. The molecule has 0 N–H and O–H groups in total. The summed E-state index contributed by atoms with van der Waals surface area (Å²) >= 11 is 1.59. The summed E-state index contributed by atoms with van der Waals surface area (Å²) in [5, 5.41) is 0.963. The Labute approximate surface area is 116 Å². The van der Waals surface area contributed by atoms with Crippen molar-refractivity contribution in [2.75, 3.05) is 14.2 Å². The molecule has 0 unspecified atom stereocenters. The van der Waals surface area contributed by atoms with Gasteiger partial charge in [-0.25, -0.2) is 4.98 Å². The first-order chi connectivity index (χ1) is 8.90. The third-order valence-electron chi connectivity index (χ3n) is 3.18. The number of thiazole rings is 1. The van der Waals surface area contributed by atoms with Crippen molar-refractivity contribution in [3.8, 4) is 5.75 Å². The lowest BCUT2D eigenvalue weighted by Gasteiger charge is -2.22. The lowest BCUT2D eigenvalue weighted by molar-refractivity contribution is -0.146. The number of aryl methyl sites for hydroxylation is 1. The second-order valence-corrected chi connectivity index (χ2v) is 6.11. The van der Waals surface area contributed by atoms with E-state index in [1.165, 1.54) is 7.11 Å². The average molecular weight is 279 g/mol. The molecule has 0 aliphatic heterocycles. The Hall–Kier alpha value is -1.62. The fourth-order valence-corrected chi connectivity index (χ4v) is 2.96. The Balaban J connectivity index is 2.73. The molecule has 1 heterocycles. The molecule has 1 aromatic carbocycles. The SMILES string of the molecule is COC(=O)C(C)(C)c1cc(OC)cc2sc(C)nc12. The number of ether oxygens (including phenoxy) is 2. The second kappa shape index (κ2) is 4.81. The van der Waals surface area contributed by atoms with Gasteiger partial charge in [0, 0.05) is 0 Å². The molecular formula is C14H17NO3S. The Morgan fingerprint density at radius 1 is 1.32 bits per heavy atom. The molecule has 0 aliphatic carbocycles. The Morgan fingerprint density at radius 3 is 2.58 bits per heavy atom. The Kier molecular flexibility index (Phi) is 3.49. The highest BCUT2D eigenvalue weighted by molar-refractivity contribution is 7.18. The fraction of sp³-hybridized carbons (Fsp3) is 0.429. The zero-order valence-electron chi connectivity index (χ0n) is 11.7. The van der Waals surface area contributed by atoms with Gasteiger partial charge in [0.05, 0.1) is 34.9 Å². The van der Waals surface area contributed by atoms with Crippen LogP contribution in [0.25, 0.3) is 10.2 Å². The van der Waals surface area contributed by atoms with E-state index in [1.54, 1.807) is 18.4 Å². The van der Waals surface area contributed by atoms with Crippen LogP contribution in [0.5, 0.6) is 5.75 Å². The number of aromatic nitrogens is 1. The molecule has 0 aliphatic rings. The predicted molar refractivity (Wildman–Crippen MR) is 76.0 cm³/mol. The molecule has 19 heavy (non-hydrogen) atoms. The van der Waals surface area contributed by atoms with Crippen LogP contribution in [0.2, 0.25) is 0 Å². The molecule has 5 heteroatoms. The van der Waals surface area contributed by atoms with E-state index in [1.807, 2.05) is 32.9 Å². The summed E-state index contributed by atoms with van der Waals surface area (Å²) in [4.78, 5) is 16.5. The van der Waals surface area contributed by atoms with E-state index in [-0.39, 0.29) is 5.97 Å². The minimum absolute atomic E-state index is 0.285. The molecule has 2 rings (SSSR count). The number of methoxy groups -OCH3 is 2. The van der Waals surface area contributed by atoms with E-state index in [0.717, 1.165) is 26.5 Å². The summed E-state index contributed by atoms with van der Waals surface area (Å²) in [6, 6.07) is 3.80. The largest absolute Gasteiger partial charge is 0.497 e. The van der Waals surface area contributed by atoms with Crippen molar-refractivity contribution in [2.45, 2.75) is 26.2 Å². The average Bonchev–Trinajstić information content (AvgIpc) is 2.75. The molecule has 0 spiro atoms. The number of carbonyl (C=O) groups excluding carboxylic acids is 1. The molecule has 4 nitrogen and oxygen atoms in total. The van der Waals surface area contributed by atoms with Crippen molar-refractivity contribution >= 4 is 27.5 Å². The predicted octanol–water partition coefficient (Wildman–Crippen LogP) is 3.06. The highest BCUT2D eigenvalue weighted by atomic mass is 32.1. The molecule has 0 fully saturated rings. The summed E-state index contributed by atoms with van der Waals surface area (Å²) in [5.74, 6) is 0.441. The molecule has 0 saturated heterocycles. The first kappa shape index (κ1) is 13.8. The standard InChI is InChI=1S/C14H17NO3S/c1-8-15-12-10(14(2,3)13(16)18-5)6-9(17-4)7-11(12)19-8/h6-7H,1-5H3. The lowest BCUT2D eigenvalue weighted by atomic mass is 9.84. The summed E-state index contributed by atoms with van der Waals surface area (Å²) in [6.07, 6.45) is 0. The molecular weight excluding hydrogens is 262 g/mol. The van der Waals surface area contributed by atoms with Crippen molar-refractivity contribution in [3.05, 3.63) is 22.7 Å². The van der Waals surface area contributed by atoms with Crippen molar-refractivity contribution in [1.29, 1.82) is 0 Å². The van der Waals surface area contributed by atoms with Crippen LogP contribution in [-0.2, 0) is 14.9 Å². The zero-order chi connectivity index (χ0) is 14.2. The smallest absolute Gasteiger partial charge is 0.315 e. The molecule has 0 saturated carbocycles. The molecule has 2 aromatic rings. The molecule has 0 amide bonds. The van der Waals surface area contributed by atoms with Crippen molar-refractivity contribution in [1.82, 2.24) is 4.98 Å². The van der Waals surface area contributed by atoms with Crippen molar-refractivity contribution in [2.24, 2.45) is 0 Å². The van der Waals surface area contributed by atoms with Gasteiger partial charge in [0.15, 0.2) is 0 Å². The normalized spacial score (nSPS) is 11.6. The highest BCUT2D eigenvalue weighted by Crippen LogP contribution is 2.36. The van der Waals surface area contributed by atoms with E-state index in [4.69, 9.17) is 9.47 Å². The van der Waals surface area contributed by atoms with E-state index >= 15 is 0 Å². The maximum Gasteiger partial charge on any atom is 0.315 e. The number of fused-ring (bicyclic) bond motifs is 1. The molecule has 0 radical (unpaired) electrons. The number of esters is 1. The van der Waals surface area contributed by atoms with Gasteiger partial charge in [-0.3, -0.25) is 4.79 Å². The summed E-state index contributed by atoms with van der Waals surface area (Å²) in [7, 11) is 3.01. The summed E-state index contributed by atoms with van der Waals surface area (Å²) in [5.41, 5.74) is 0.916. The molecule has 0 atom stereocenters. The number of nitrogens with zero attached hydrogens (tertiary/aromatic N) is 1. The fourth-order valence-electron chi connectivity index (χ4n) is 2.07. The monoisotopic (exact) mass is 279 g/mol. The lowest BCUT2D eigenvalue weighted by Crippen LogP contribution is -2.30. The number of rotatable bonds is 3. The van der Waals surface area contributed by atoms with Gasteiger partial charge < -0.3 is 9.47 Å². The second-order valence-electron chi connectivity index (χ2n) is 4.87. The number of hydrogen-bond donors (Lipinski definition) is 0. The van der Waals surface area contributed by atoms with E-state index < -0.39 is 5.41 Å². The zero-order valence-corrected chi connectivity index (χ0v) is 12.6. The summed E-state index contributed by atoms with van der Waals surface area (Å²) in [6.45, 7) is 5.62. The van der Waals surface area contributed by atoms with Crippen LogP contribution in [0.4, 0.5) is 0 Å². The van der Waals surface area contributed by atoms with Gasteiger partial charge in [-0.15, -0.1) is 11.3 Å². The van der Waals surface area contributed by atoms with Crippen LogP contribution in [0.3, 0.4) is 0 Å². The number of carbonyl (C=O) groups is 1. The molecule has 0 bridgehead atoms. The first-order valence-electron chi connectivity index (χ1n) is 5.94. The van der Waals surface area contributed by atoms with Gasteiger partial charge in [-0.05, 0) is 38.5 Å². The molecule has 102 valence electrons. The van der Waals surface area contributed by atoms with Gasteiger partial charge in [0.2, 0.25) is 0 Å². The summed E-state index contributed by atoms with van der Waals surface area (Å²) < 4.78 is 11.2. The number of hydrogen-bond acceptors (Lipinski definition) is 5. The third kappa shape index (κ3) is 2.30. The van der Waals surface area contributed by atoms with Crippen molar-refractivity contribution < 1.29 is 14.3 Å². The van der Waals surface area contributed by atoms with Gasteiger partial charge in [0.1, 0.15) is 5.75 Å². The third-order valence-corrected chi connectivity index (χ3v) is 4.10. The molecule has 1 aromatic heterocycles. The van der Waals surface area contributed by atoms with Crippen LogP contribution in [-0.4, -0.2) is 25.2 Å². The van der Waals surface area contributed by atoms with E-state index in [0.29, 0.717) is 0 Å². The highest BCUT2D eigenvalue weighted by Gasteiger charge is 2.34. The quantitative estimate of drug-likeness (QED) is 0.810. The van der Waals surface area contributed by atoms with Gasteiger partial charge in [-0.2, -0.15) is 0 Å². The Morgan fingerprint density at radius 2 is 2.00 bits per heavy atom. The van der Waals surface area contributed by atoms with Gasteiger partial charge >= 0.3 is 5.97 Å². The van der Waals surface area contributed by atoms with Crippen LogP contribution in [0, 0.1) is 6.92 Å².